The Labute approximate surface area is 216 Å². The second-order valence-electron chi connectivity index (χ2n) is 8.46. The first kappa shape index (κ1) is 28.2. The van der Waals surface area contributed by atoms with Gasteiger partial charge in [0.1, 0.15) is 25.3 Å². The summed E-state index contributed by atoms with van der Waals surface area (Å²) >= 11 is 1.38. The SMILES string of the molecule is Cn1cnc(S(=O)(=O)N[C@H]2CCN(C(=O)COCC(=O)O)[C@H](C(=O)N[C@@H](Cc3cccs3)C(N)=O)C2)c1. The number of carboxylic acid groups (broad SMARTS) is 1. The normalized spacial score (nSPS) is 18.8. The van der Waals surface area contributed by atoms with E-state index in [-0.39, 0.29) is 30.8 Å². The first-order valence-electron chi connectivity index (χ1n) is 11.2. The van der Waals surface area contributed by atoms with Crippen LogP contribution in [0.4, 0.5) is 0 Å². The maximum absolute atomic E-state index is 13.3. The Morgan fingerprint density at radius 3 is 2.68 bits per heavy atom. The summed E-state index contributed by atoms with van der Waals surface area (Å²) < 4.78 is 34.4. The van der Waals surface area contributed by atoms with Crippen molar-refractivity contribution < 1.29 is 37.4 Å². The summed E-state index contributed by atoms with van der Waals surface area (Å²) in [5, 5.41) is 12.9. The Balaban J connectivity index is 1.76. The molecule has 0 saturated carbocycles. The quantitative estimate of drug-likeness (QED) is 0.238. The van der Waals surface area contributed by atoms with Gasteiger partial charge in [-0.3, -0.25) is 14.4 Å². The predicted molar refractivity (Wildman–Crippen MR) is 130 cm³/mol. The van der Waals surface area contributed by atoms with Gasteiger partial charge in [0.15, 0.2) is 5.03 Å². The Hall–Kier alpha value is -3.34. The number of hydrogen-bond acceptors (Lipinski definition) is 9. The Morgan fingerprint density at radius 2 is 2.08 bits per heavy atom. The zero-order chi connectivity index (χ0) is 27.2. The largest absolute Gasteiger partial charge is 0.480 e. The molecular weight excluding hydrogens is 528 g/mol. The summed E-state index contributed by atoms with van der Waals surface area (Å²) in [4.78, 5) is 54.6. The standard InChI is InChI=1S/C21H28N6O8S2/c1-26-9-17(23-12-26)37(33,34)25-13-4-5-27(18(28)10-35-11-19(29)30)16(7-13)21(32)24-15(20(22)31)8-14-3-2-6-36-14/h2-3,6,9,12-13,15-16,25H,4-5,7-8,10-11H2,1H3,(H2,22,31)(H,24,32)(H,29,30)/t13-,15-,16-/m0/s1. The number of thiophene rings is 1. The first-order valence-corrected chi connectivity index (χ1v) is 13.5. The molecule has 1 fully saturated rings. The number of aromatic nitrogens is 2. The van der Waals surface area contributed by atoms with Gasteiger partial charge in [-0.2, -0.15) is 0 Å². The summed E-state index contributed by atoms with van der Waals surface area (Å²) in [6, 6.07) is 0.617. The van der Waals surface area contributed by atoms with Gasteiger partial charge in [0.05, 0.1) is 6.33 Å². The molecule has 37 heavy (non-hydrogen) atoms. The fraction of sp³-hybridized carbons (Fsp3) is 0.476. The summed E-state index contributed by atoms with van der Waals surface area (Å²) in [5.74, 6) is -3.38. The lowest BCUT2D eigenvalue weighted by Gasteiger charge is -2.39. The minimum absolute atomic E-state index is 0.0189. The lowest BCUT2D eigenvalue weighted by atomic mass is 9.96. The molecule has 2 aromatic heterocycles. The average molecular weight is 557 g/mol. The highest BCUT2D eigenvalue weighted by molar-refractivity contribution is 7.89. The predicted octanol–water partition coefficient (Wildman–Crippen LogP) is -1.57. The van der Waals surface area contributed by atoms with Crippen LogP contribution in [0.2, 0.25) is 0 Å². The number of rotatable bonds is 12. The van der Waals surface area contributed by atoms with E-state index < -0.39 is 65.1 Å². The van der Waals surface area contributed by atoms with E-state index in [1.54, 1.807) is 19.2 Å². The van der Waals surface area contributed by atoms with Crippen LogP contribution in [0.15, 0.2) is 35.1 Å². The highest BCUT2D eigenvalue weighted by atomic mass is 32.2. The van der Waals surface area contributed by atoms with Crippen molar-refractivity contribution in [2.75, 3.05) is 19.8 Å². The van der Waals surface area contributed by atoms with Gasteiger partial charge in [0.2, 0.25) is 17.7 Å². The third kappa shape index (κ3) is 7.82. The molecule has 1 saturated heterocycles. The molecule has 0 aromatic carbocycles. The Bertz CT molecular complexity index is 1230. The zero-order valence-corrected chi connectivity index (χ0v) is 21.5. The number of sulfonamides is 1. The highest BCUT2D eigenvalue weighted by Crippen LogP contribution is 2.21. The summed E-state index contributed by atoms with van der Waals surface area (Å²) in [6.45, 7) is -1.31. The molecule has 14 nitrogen and oxygen atoms in total. The van der Waals surface area contributed by atoms with E-state index in [1.165, 1.54) is 33.3 Å². The fourth-order valence-corrected chi connectivity index (χ4v) is 5.87. The van der Waals surface area contributed by atoms with Crippen LogP contribution in [0.3, 0.4) is 0 Å². The lowest BCUT2D eigenvalue weighted by Crippen LogP contribution is -2.60. The van der Waals surface area contributed by atoms with E-state index in [4.69, 9.17) is 15.6 Å². The van der Waals surface area contributed by atoms with Gasteiger partial charge in [-0.25, -0.2) is 22.9 Å². The van der Waals surface area contributed by atoms with E-state index in [9.17, 15) is 27.6 Å². The van der Waals surface area contributed by atoms with Crippen molar-refractivity contribution in [2.24, 2.45) is 12.8 Å². The molecule has 0 spiro atoms. The molecule has 0 aliphatic carbocycles. The fourth-order valence-electron chi connectivity index (χ4n) is 3.86. The molecule has 0 bridgehead atoms. The van der Waals surface area contributed by atoms with Crippen molar-refractivity contribution in [1.29, 1.82) is 0 Å². The molecule has 2 aromatic rings. The minimum Gasteiger partial charge on any atom is -0.480 e. The number of carbonyl (C=O) groups is 4. The highest BCUT2D eigenvalue weighted by Gasteiger charge is 2.39. The number of aliphatic carboxylic acids is 1. The number of ether oxygens (including phenoxy) is 1. The van der Waals surface area contributed by atoms with Gasteiger partial charge in [0, 0.05) is 37.1 Å². The number of likely N-dealkylation sites (tertiary alicyclic amines) is 1. The van der Waals surface area contributed by atoms with Crippen molar-refractivity contribution in [1.82, 2.24) is 24.5 Å². The van der Waals surface area contributed by atoms with Gasteiger partial charge in [-0.1, -0.05) is 6.07 Å². The molecule has 3 heterocycles. The second kappa shape index (κ2) is 12.3. The lowest BCUT2D eigenvalue weighted by molar-refractivity contribution is -0.150. The summed E-state index contributed by atoms with van der Waals surface area (Å²) in [7, 11) is -2.38. The number of hydrogen-bond donors (Lipinski definition) is 4. The molecular formula is C21H28N6O8S2. The molecule has 1 aliphatic rings. The van der Waals surface area contributed by atoms with Crippen molar-refractivity contribution in [3.05, 3.63) is 34.9 Å². The van der Waals surface area contributed by atoms with E-state index in [0.29, 0.717) is 0 Å². The topological polar surface area (TPSA) is 203 Å². The van der Waals surface area contributed by atoms with Crippen LogP contribution in [-0.2, 0) is 47.4 Å². The van der Waals surface area contributed by atoms with Gasteiger partial charge in [0.25, 0.3) is 10.0 Å². The van der Waals surface area contributed by atoms with Crippen LogP contribution in [-0.4, -0.2) is 89.6 Å². The van der Waals surface area contributed by atoms with Crippen molar-refractivity contribution in [2.45, 2.75) is 42.4 Å². The Kier molecular flexibility index (Phi) is 9.36. The molecule has 0 unspecified atom stereocenters. The number of primary amides is 1. The van der Waals surface area contributed by atoms with Crippen LogP contribution in [0.25, 0.3) is 0 Å². The van der Waals surface area contributed by atoms with Crippen molar-refractivity contribution >= 4 is 45.1 Å². The van der Waals surface area contributed by atoms with Crippen LogP contribution in [0.5, 0.6) is 0 Å². The number of imidazole rings is 1. The average Bonchev–Trinajstić information content (AvgIpc) is 3.50. The van der Waals surface area contributed by atoms with Gasteiger partial charge < -0.3 is 30.4 Å². The summed E-state index contributed by atoms with van der Waals surface area (Å²) in [6.07, 6.45) is 2.88. The molecule has 16 heteroatoms. The summed E-state index contributed by atoms with van der Waals surface area (Å²) in [5.41, 5.74) is 5.49. The molecule has 3 rings (SSSR count). The second-order valence-corrected chi connectivity index (χ2v) is 11.1. The zero-order valence-electron chi connectivity index (χ0n) is 19.9. The number of nitrogens with zero attached hydrogens (tertiary/aromatic N) is 3. The van der Waals surface area contributed by atoms with Crippen molar-refractivity contribution in [3.63, 3.8) is 0 Å². The number of piperidine rings is 1. The maximum atomic E-state index is 13.3. The van der Waals surface area contributed by atoms with Gasteiger partial charge in [-0.15, -0.1) is 11.3 Å². The monoisotopic (exact) mass is 556 g/mol. The van der Waals surface area contributed by atoms with E-state index in [0.717, 1.165) is 4.88 Å². The molecule has 3 atom stereocenters. The van der Waals surface area contributed by atoms with Crippen LogP contribution < -0.4 is 15.8 Å². The number of aryl methyl sites for hydroxylation is 1. The van der Waals surface area contributed by atoms with Crippen LogP contribution in [0, 0.1) is 0 Å². The van der Waals surface area contributed by atoms with Gasteiger partial charge in [-0.05, 0) is 24.3 Å². The van der Waals surface area contributed by atoms with E-state index in [1.807, 2.05) is 5.38 Å². The first-order chi connectivity index (χ1) is 17.5. The van der Waals surface area contributed by atoms with E-state index >= 15 is 0 Å². The third-order valence-corrected chi connectivity index (χ3v) is 7.90. The van der Waals surface area contributed by atoms with Crippen LogP contribution in [0.1, 0.15) is 17.7 Å². The molecule has 202 valence electrons. The smallest absolute Gasteiger partial charge is 0.329 e. The van der Waals surface area contributed by atoms with E-state index in [2.05, 4.69) is 15.0 Å². The Morgan fingerprint density at radius 1 is 1.32 bits per heavy atom. The minimum atomic E-state index is -4.00. The molecule has 0 radical (unpaired) electrons. The maximum Gasteiger partial charge on any atom is 0.329 e. The third-order valence-electron chi connectivity index (χ3n) is 5.60. The molecule has 1 aliphatic heterocycles. The number of carbonyl (C=O) groups excluding carboxylic acids is 3. The molecule has 5 N–H and O–H groups in total. The molecule has 3 amide bonds. The number of carboxylic acids is 1. The number of amides is 3. The van der Waals surface area contributed by atoms with Crippen LogP contribution >= 0.6 is 11.3 Å². The number of nitrogens with two attached hydrogens (primary N) is 1. The van der Waals surface area contributed by atoms with Gasteiger partial charge >= 0.3 is 5.97 Å². The number of nitrogens with one attached hydrogen (secondary N) is 2. The van der Waals surface area contributed by atoms with Crippen molar-refractivity contribution in [3.8, 4) is 0 Å².